The summed E-state index contributed by atoms with van der Waals surface area (Å²) in [4.78, 5) is 10.3. The summed E-state index contributed by atoms with van der Waals surface area (Å²) in [6.07, 6.45) is 0. The van der Waals surface area contributed by atoms with E-state index in [1.54, 1.807) is 0 Å². The molecule has 3 heterocycles. The van der Waals surface area contributed by atoms with Crippen LogP contribution in [0.3, 0.4) is 0 Å². The van der Waals surface area contributed by atoms with Crippen LogP contribution in [0.1, 0.15) is 0 Å². The summed E-state index contributed by atoms with van der Waals surface area (Å²) >= 11 is 0. The molecule has 0 fully saturated rings. The molecule has 0 aliphatic rings. The molecule has 4 nitrogen and oxygen atoms in total. The molecule has 0 bridgehead atoms. The van der Waals surface area contributed by atoms with E-state index in [0.717, 1.165) is 50.2 Å². The van der Waals surface area contributed by atoms with Gasteiger partial charge in [-0.2, -0.15) is 0 Å². The van der Waals surface area contributed by atoms with Gasteiger partial charge in [0.05, 0.1) is 33.5 Å². The summed E-state index contributed by atoms with van der Waals surface area (Å²) in [6.45, 7) is 0. The Morgan fingerprint density at radius 2 is 0.852 bits per heavy atom. The molecule has 4 heteroatoms. The van der Waals surface area contributed by atoms with Crippen LogP contribution in [0.15, 0.2) is 194 Å². The molecular formula is C50H32N4. The number of hydrogen-bond donors (Lipinski definition) is 0. The fraction of sp³-hybridized carbons (Fsp3) is 0. The standard InChI is InChI=1S/C50H32N4/c1-4-15-33(16-5-1)42-32-43(34-17-6-2-7-18-34)52-50(51-42)39-24-14-19-35-31-37(27-28-38(35)39)54-45-26-13-11-23-41(45)49-47(54)30-29-46-48(49)40-22-10-12-25-44(40)53(46)36-20-8-3-9-21-36/h1-32H. The molecule has 0 saturated carbocycles. The summed E-state index contributed by atoms with van der Waals surface area (Å²) < 4.78 is 4.82. The molecule has 0 spiro atoms. The van der Waals surface area contributed by atoms with Crippen LogP contribution in [0, 0.1) is 0 Å². The van der Waals surface area contributed by atoms with Gasteiger partial charge in [0.2, 0.25) is 0 Å². The van der Waals surface area contributed by atoms with Gasteiger partial charge >= 0.3 is 0 Å². The maximum Gasteiger partial charge on any atom is 0.161 e. The van der Waals surface area contributed by atoms with Crippen molar-refractivity contribution in [2.75, 3.05) is 0 Å². The third-order valence-electron chi connectivity index (χ3n) is 10.7. The van der Waals surface area contributed by atoms with Crippen LogP contribution in [0.5, 0.6) is 0 Å². The van der Waals surface area contributed by atoms with E-state index in [0.29, 0.717) is 5.82 Å². The quantitative estimate of drug-likeness (QED) is 0.180. The lowest BCUT2D eigenvalue weighted by Crippen LogP contribution is -1.97. The molecule has 0 aliphatic carbocycles. The highest BCUT2D eigenvalue weighted by Crippen LogP contribution is 2.43. The molecule has 11 aromatic rings. The van der Waals surface area contributed by atoms with E-state index in [9.17, 15) is 0 Å². The molecule has 3 aromatic heterocycles. The molecular weight excluding hydrogens is 657 g/mol. The molecule has 0 radical (unpaired) electrons. The van der Waals surface area contributed by atoms with Crippen molar-refractivity contribution in [2.24, 2.45) is 0 Å². The molecule has 0 N–H and O–H groups in total. The predicted octanol–water partition coefficient (Wildman–Crippen LogP) is 12.8. The van der Waals surface area contributed by atoms with Crippen molar-refractivity contribution in [3.05, 3.63) is 194 Å². The van der Waals surface area contributed by atoms with E-state index < -0.39 is 0 Å². The summed E-state index contributed by atoms with van der Waals surface area (Å²) in [6, 6.07) is 68.9. The van der Waals surface area contributed by atoms with Crippen molar-refractivity contribution < 1.29 is 0 Å². The fourth-order valence-corrected chi connectivity index (χ4v) is 8.34. The maximum absolute atomic E-state index is 5.16. The average molecular weight is 689 g/mol. The number of aromatic nitrogens is 4. The highest BCUT2D eigenvalue weighted by atomic mass is 15.0. The normalized spacial score (nSPS) is 11.7. The van der Waals surface area contributed by atoms with Crippen LogP contribution in [0.4, 0.5) is 0 Å². The first-order chi connectivity index (χ1) is 26.8. The topological polar surface area (TPSA) is 35.6 Å². The average Bonchev–Trinajstić information content (AvgIpc) is 3.77. The number of nitrogens with zero attached hydrogens (tertiary/aromatic N) is 4. The van der Waals surface area contributed by atoms with Gasteiger partial charge in [-0.1, -0.05) is 140 Å². The van der Waals surface area contributed by atoms with Gasteiger partial charge in [-0.25, -0.2) is 9.97 Å². The lowest BCUT2D eigenvalue weighted by molar-refractivity contribution is 1.17. The zero-order valence-electron chi connectivity index (χ0n) is 29.3. The highest BCUT2D eigenvalue weighted by Gasteiger charge is 2.21. The number of rotatable bonds is 5. The number of hydrogen-bond acceptors (Lipinski definition) is 2. The van der Waals surface area contributed by atoms with Gasteiger partial charge in [0.25, 0.3) is 0 Å². The van der Waals surface area contributed by atoms with Crippen LogP contribution in [-0.2, 0) is 0 Å². The predicted molar refractivity (Wildman–Crippen MR) is 225 cm³/mol. The van der Waals surface area contributed by atoms with Gasteiger partial charge < -0.3 is 9.13 Å². The second kappa shape index (κ2) is 12.1. The second-order valence-corrected chi connectivity index (χ2v) is 13.8. The Hall–Kier alpha value is -7.30. The Balaban J connectivity index is 1.13. The zero-order chi connectivity index (χ0) is 35.6. The molecule has 0 aliphatic heterocycles. The number of fused-ring (bicyclic) bond motifs is 8. The molecule has 8 aromatic carbocycles. The van der Waals surface area contributed by atoms with Crippen molar-refractivity contribution in [3.8, 4) is 45.3 Å². The van der Waals surface area contributed by atoms with Crippen LogP contribution >= 0.6 is 0 Å². The zero-order valence-corrected chi connectivity index (χ0v) is 29.3. The fourth-order valence-electron chi connectivity index (χ4n) is 8.34. The van der Waals surface area contributed by atoms with Gasteiger partial charge in [0.1, 0.15) is 0 Å². The smallest absolute Gasteiger partial charge is 0.161 e. The van der Waals surface area contributed by atoms with Crippen molar-refractivity contribution in [3.63, 3.8) is 0 Å². The van der Waals surface area contributed by atoms with Gasteiger partial charge in [-0.3, -0.25) is 0 Å². The lowest BCUT2D eigenvalue weighted by atomic mass is 10.0. The monoisotopic (exact) mass is 688 g/mol. The largest absolute Gasteiger partial charge is 0.309 e. The number of para-hydroxylation sites is 3. The molecule has 54 heavy (non-hydrogen) atoms. The Labute approximate surface area is 311 Å². The van der Waals surface area contributed by atoms with Gasteiger partial charge in [-0.05, 0) is 65.4 Å². The van der Waals surface area contributed by atoms with Gasteiger partial charge in [0.15, 0.2) is 5.82 Å². The molecule has 252 valence electrons. The Bertz CT molecular complexity index is 3140. The first kappa shape index (κ1) is 30.3. The number of benzene rings is 8. The van der Waals surface area contributed by atoms with E-state index >= 15 is 0 Å². The van der Waals surface area contributed by atoms with Crippen LogP contribution < -0.4 is 0 Å². The van der Waals surface area contributed by atoms with Crippen molar-refractivity contribution in [1.29, 1.82) is 0 Å². The molecule has 11 rings (SSSR count). The van der Waals surface area contributed by atoms with E-state index in [-0.39, 0.29) is 0 Å². The van der Waals surface area contributed by atoms with Crippen LogP contribution in [-0.4, -0.2) is 19.1 Å². The second-order valence-electron chi connectivity index (χ2n) is 13.8. The maximum atomic E-state index is 5.16. The van der Waals surface area contributed by atoms with Crippen LogP contribution in [0.25, 0.3) is 99.7 Å². The molecule has 0 amide bonds. The first-order valence-electron chi connectivity index (χ1n) is 18.3. The van der Waals surface area contributed by atoms with E-state index in [1.807, 2.05) is 12.1 Å². The van der Waals surface area contributed by atoms with Crippen LogP contribution in [0.2, 0.25) is 0 Å². The Kier molecular flexibility index (Phi) is 6.82. The van der Waals surface area contributed by atoms with Crippen molar-refractivity contribution >= 4 is 54.4 Å². The van der Waals surface area contributed by atoms with E-state index in [1.165, 1.54) is 43.6 Å². The Morgan fingerprint density at radius 3 is 1.44 bits per heavy atom. The third kappa shape index (κ3) is 4.70. The van der Waals surface area contributed by atoms with Gasteiger partial charge in [-0.15, -0.1) is 0 Å². The summed E-state index contributed by atoms with van der Waals surface area (Å²) in [5.74, 6) is 0.711. The first-order valence-corrected chi connectivity index (χ1v) is 18.3. The lowest BCUT2D eigenvalue weighted by Gasteiger charge is -2.13. The molecule has 0 unspecified atom stereocenters. The molecule has 0 saturated heterocycles. The minimum absolute atomic E-state index is 0.711. The minimum Gasteiger partial charge on any atom is -0.309 e. The summed E-state index contributed by atoms with van der Waals surface area (Å²) in [7, 11) is 0. The van der Waals surface area contributed by atoms with Gasteiger partial charge in [0, 0.05) is 49.6 Å². The summed E-state index contributed by atoms with van der Waals surface area (Å²) in [5.41, 5.74) is 12.0. The third-order valence-corrected chi connectivity index (χ3v) is 10.7. The SMILES string of the molecule is c1ccc(-c2cc(-c3ccccc3)nc(-c3cccc4cc(-n5c6ccccc6c6c7c8ccccc8n(-c8ccccc8)c7ccc65)ccc34)n2)cc1. The molecule has 0 atom stereocenters. The highest BCUT2D eigenvalue weighted by molar-refractivity contribution is 6.29. The van der Waals surface area contributed by atoms with Crippen molar-refractivity contribution in [2.45, 2.75) is 0 Å². The summed E-state index contributed by atoms with van der Waals surface area (Å²) in [5, 5.41) is 7.27. The Morgan fingerprint density at radius 1 is 0.333 bits per heavy atom. The minimum atomic E-state index is 0.711. The van der Waals surface area contributed by atoms with Crippen molar-refractivity contribution in [1.82, 2.24) is 19.1 Å². The van der Waals surface area contributed by atoms with E-state index in [2.05, 4.69) is 191 Å². The van der Waals surface area contributed by atoms with E-state index in [4.69, 9.17) is 9.97 Å².